The number of methoxy groups -OCH3 is 1. The van der Waals surface area contributed by atoms with E-state index in [1.165, 1.54) is 45.1 Å². The lowest BCUT2D eigenvalue weighted by molar-refractivity contribution is 0.0536. The van der Waals surface area contributed by atoms with Gasteiger partial charge < -0.3 is 24.6 Å². The third-order valence-corrected chi connectivity index (χ3v) is 4.65. The van der Waals surface area contributed by atoms with Crippen LogP contribution in [0, 0.1) is 5.92 Å². The van der Waals surface area contributed by atoms with E-state index in [2.05, 4.69) is 34.2 Å². The number of nitrogens with one attached hydrogen (secondary N) is 1. The van der Waals surface area contributed by atoms with E-state index >= 15 is 0 Å². The second-order valence-electron chi connectivity index (χ2n) is 7.21. The Morgan fingerprint density at radius 2 is 1.92 bits per heavy atom. The van der Waals surface area contributed by atoms with Gasteiger partial charge in [0.25, 0.3) is 0 Å². The van der Waals surface area contributed by atoms with Crippen molar-refractivity contribution in [2.24, 2.45) is 10.9 Å². The fraction of sp³-hybridized carbons (Fsp3) is 0.947. The lowest BCUT2D eigenvalue weighted by Crippen LogP contribution is -2.40. The summed E-state index contributed by atoms with van der Waals surface area (Å²) in [6.07, 6.45) is 7.68. The Bertz CT molecular complexity index is 350. The van der Waals surface area contributed by atoms with Crippen molar-refractivity contribution >= 4 is 5.96 Å². The van der Waals surface area contributed by atoms with Crippen molar-refractivity contribution in [3.8, 4) is 0 Å². The molecule has 1 fully saturated rings. The van der Waals surface area contributed by atoms with Crippen molar-refractivity contribution < 1.29 is 9.47 Å². The molecule has 1 rings (SSSR count). The van der Waals surface area contributed by atoms with Crippen LogP contribution < -0.4 is 5.32 Å². The summed E-state index contributed by atoms with van der Waals surface area (Å²) in [5, 5.41) is 3.52. The van der Waals surface area contributed by atoms with Crippen LogP contribution in [-0.4, -0.2) is 90.0 Å². The van der Waals surface area contributed by atoms with E-state index in [1.54, 1.807) is 7.11 Å². The first kappa shape index (κ1) is 22.2. The molecule has 1 N–H and O–H groups in total. The molecule has 0 spiro atoms. The van der Waals surface area contributed by atoms with Crippen LogP contribution >= 0.6 is 0 Å². The molecule has 148 valence electrons. The number of likely N-dealkylation sites (tertiary alicyclic amines) is 1. The zero-order chi connectivity index (χ0) is 18.3. The summed E-state index contributed by atoms with van der Waals surface area (Å²) in [4.78, 5) is 9.07. The van der Waals surface area contributed by atoms with Gasteiger partial charge in [-0.25, -0.2) is 0 Å². The summed E-state index contributed by atoms with van der Waals surface area (Å²) in [6.45, 7) is 6.52. The number of nitrogens with zero attached hydrogens (tertiary/aromatic N) is 3. The molecule has 6 nitrogen and oxygen atoms in total. The molecule has 0 aromatic carbocycles. The number of guanidine groups is 1. The molecule has 1 saturated heterocycles. The van der Waals surface area contributed by atoms with Crippen molar-refractivity contribution in [2.75, 3.05) is 74.3 Å². The molecule has 0 aliphatic carbocycles. The van der Waals surface area contributed by atoms with Gasteiger partial charge in [0.15, 0.2) is 5.96 Å². The minimum Gasteiger partial charge on any atom is -0.382 e. The lowest BCUT2D eigenvalue weighted by Gasteiger charge is -2.21. The fourth-order valence-corrected chi connectivity index (χ4v) is 3.17. The van der Waals surface area contributed by atoms with Crippen LogP contribution in [0.4, 0.5) is 0 Å². The minimum atomic E-state index is 0.604. The van der Waals surface area contributed by atoms with Gasteiger partial charge in [-0.15, -0.1) is 0 Å². The van der Waals surface area contributed by atoms with Gasteiger partial charge in [-0.05, 0) is 39.9 Å². The first-order valence-corrected chi connectivity index (χ1v) is 9.84. The van der Waals surface area contributed by atoms with Gasteiger partial charge in [-0.2, -0.15) is 0 Å². The van der Waals surface area contributed by atoms with E-state index in [-0.39, 0.29) is 0 Å². The summed E-state index contributed by atoms with van der Waals surface area (Å²) in [5.41, 5.74) is 0. The Morgan fingerprint density at radius 3 is 2.64 bits per heavy atom. The van der Waals surface area contributed by atoms with Crippen LogP contribution in [0.3, 0.4) is 0 Å². The average Bonchev–Trinajstić information content (AvgIpc) is 3.06. The van der Waals surface area contributed by atoms with Gasteiger partial charge in [0.2, 0.25) is 0 Å². The van der Waals surface area contributed by atoms with Crippen LogP contribution in [0.15, 0.2) is 4.99 Å². The van der Waals surface area contributed by atoms with Gasteiger partial charge in [0.1, 0.15) is 0 Å². The molecule has 0 aromatic rings. The normalized spacial score (nSPS) is 18.4. The summed E-state index contributed by atoms with van der Waals surface area (Å²) in [7, 11) is 7.88. The fourth-order valence-electron chi connectivity index (χ4n) is 3.17. The maximum absolute atomic E-state index is 5.66. The van der Waals surface area contributed by atoms with Crippen LogP contribution in [-0.2, 0) is 9.47 Å². The lowest BCUT2D eigenvalue weighted by atomic mass is 10.1. The zero-order valence-electron chi connectivity index (χ0n) is 16.9. The molecule has 1 heterocycles. The molecular formula is C19H40N4O2. The molecule has 1 aliphatic rings. The zero-order valence-corrected chi connectivity index (χ0v) is 16.9. The van der Waals surface area contributed by atoms with Gasteiger partial charge >= 0.3 is 0 Å². The van der Waals surface area contributed by atoms with E-state index in [1.807, 2.05) is 7.05 Å². The van der Waals surface area contributed by atoms with Crippen molar-refractivity contribution in [3.63, 3.8) is 0 Å². The number of hydrogen-bond acceptors (Lipinski definition) is 4. The highest BCUT2D eigenvalue weighted by molar-refractivity contribution is 5.80. The quantitative estimate of drug-likeness (QED) is 0.311. The van der Waals surface area contributed by atoms with E-state index in [0.717, 1.165) is 32.2 Å². The second-order valence-corrected chi connectivity index (χ2v) is 7.21. The summed E-state index contributed by atoms with van der Waals surface area (Å²) in [6, 6.07) is 0. The first-order chi connectivity index (χ1) is 12.2. The highest BCUT2D eigenvalue weighted by atomic mass is 16.5. The first-order valence-electron chi connectivity index (χ1n) is 9.84. The third-order valence-electron chi connectivity index (χ3n) is 4.65. The van der Waals surface area contributed by atoms with Crippen LogP contribution in [0.1, 0.15) is 38.5 Å². The monoisotopic (exact) mass is 356 g/mol. The molecule has 25 heavy (non-hydrogen) atoms. The molecular weight excluding hydrogens is 316 g/mol. The second kappa shape index (κ2) is 14.3. The molecule has 0 radical (unpaired) electrons. The molecule has 0 saturated carbocycles. The smallest absolute Gasteiger partial charge is 0.193 e. The van der Waals surface area contributed by atoms with Gasteiger partial charge in [0, 0.05) is 39.7 Å². The molecule has 0 aromatic heterocycles. The number of rotatable bonds is 13. The van der Waals surface area contributed by atoms with E-state index in [4.69, 9.17) is 9.47 Å². The number of aliphatic imine (C=N–C) groups is 1. The number of unbranched alkanes of at least 4 members (excludes halogenated alkanes) is 4. The number of hydrogen-bond donors (Lipinski definition) is 1. The Balaban J connectivity index is 2.06. The van der Waals surface area contributed by atoms with E-state index < -0.39 is 0 Å². The predicted molar refractivity (Wildman–Crippen MR) is 105 cm³/mol. The molecule has 0 bridgehead atoms. The Kier molecular flexibility index (Phi) is 12.7. The maximum atomic E-state index is 5.66. The molecule has 1 atom stereocenters. The predicted octanol–water partition coefficient (Wildman–Crippen LogP) is 2.06. The largest absolute Gasteiger partial charge is 0.382 e. The summed E-state index contributed by atoms with van der Waals surface area (Å²) >= 11 is 0. The Morgan fingerprint density at radius 1 is 1.16 bits per heavy atom. The molecule has 1 unspecified atom stereocenters. The molecule has 1 aliphatic heterocycles. The summed E-state index contributed by atoms with van der Waals surface area (Å²) in [5.74, 6) is 1.65. The average molecular weight is 357 g/mol. The summed E-state index contributed by atoms with van der Waals surface area (Å²) < 4.78 is 10.7. The molecule has 6 heteroatoms. The van der Waals surface area contributed by atoms with Gasteiger partial charge in [0.05, 0.1) is 19.8 Å². The van der Waals surface area contributed by atoms with Crippen molar-refractivity contribution in [2.45, 2.75) is 38.5 Å². The van der Waals surface area contributed by atoms with Crippen molar-refractivity contribution in [1.29, 1.82) is 0 Å². The Labute approximate surface area is 154 Å². The molecule has 0 amide bonds. The van der Waals surface area contributed by atoms with Crippen molar-refractivity contribution in [3.05, 3.63) is 0 Å². The SMILES string of the molecule is CN=C(NCCCCCCCN(C)C)N1CCC(COCCOC)C1. The minimum absolute atomic E-state index is 0.604. The van der Waals surface area contributed by atoms with E-state index in [0.29, 0.717) is 19.1 Å². The topological polar surface area (TPSA) is 49.3 Å². The highest BCUT2D eigenvalue weighted by Crippen LogP contribution is 2.16. The third kappa shape index (κ3) is 10.7. The van der Waals surface area contributed by atoms with Gasteiger partial charge in [-0.3, -0.25) is 4.99 Å². The van der Waals surface area contributed by atoms with Crippen LogP contribution in [0.25, 0.3) is 0 Å². The van der Waals surface area contributed by atoms with Crippen LogP contribution in [0.2, 0.25) is 0 Å². The van der Waals surface area contributed by atoms with Crippen LogP contribution in [0.5, 0.6) is 0 Å². The van der Waals surface area contributed by atoms with E-state index in [9.17, 15) is 0 Å². The van der Waals surface area contributed by atoms with Crippen molar-refractivity contribution in [1.82, 2.24) is 15.1 Å². The number of ether oxygens (including phenoxy) is 2. The standard InChI is InChI=1S/C19H40N4O2/c1-20-19(21-11-8-6-5-7-9-12-22(2)3)23-13-10-18(16-23)17-25-15-14-24-4/h18H,5-17H2,1-4H3,(H,20,21). The van der Waals surface area contributed by atoms with Gasteiger partial charge in [-0.1, -0.05) is 19.3 Å². The highest BCUT2D eigenvalue weighted by Gasteiger charge is 2.24. The Hall–Kier alpha value is -0.850. The maximum Gasteiger partial charge on any atom is 0.193 e.